The number of hydrogen-bond acceptors (Lipinski definition) is 5. The number of aromatic nitrogens is 2. The van der Waals surface area contributed by atoms with Crippen molar-refractivity contribution in [1.82, 2.24) is 9.55 Å². The van der Waals surface area contributed by atoms with Crippen molar-refractivity contribution in [3.05, 3.63) is 53.6 Å². The van der Waals surface area contributed by atoms with Crippen molar-refractivity contribution in [3.63, 3.8) is 0 Å². The Kier molecular flexibility index (Phi) is 10.2. The summed E-state index contributed by atoms with van der Waals surface area (Å²) in [6.45, 7) is 20.8. The third-order valence-electron chi connectivity index (χ3n) is 9.20. The predicted molar refractivity (Wildman–Crippen MR) is 170 cm³/mol. The Morgan fingerprint density at radius 2 is 1.80 bits per heavy atom. The summed E-state index contributed by atoms with van der Waals surface area (Å²) in [7, 11) is -0.365. The van der Waals surface area contributed by atoms with Gasteiger partial charge < -0.3 is 13.7 Å². The first-order chi connectivity index (χ1) is 18.9. The van der Waals surface area contributed by atoms with Gasteiger partial charge in [0.15, 0.2) is 0 Å². The van der Waals surface area contributed by atoms with E-state index in [1.165, 1.54) is 6.08 Å². The lowest BCUT2D eigenvalue weighted by atomic mass is 9.77. The lowest BCUT2D eigenvalue weighted by Crippen LogP contribution is -2.44. The highest BCUT2D eigenvalue weighted by Gasteiger charge is 2.45. The van der Waals surface area contributed by atoms with Crippen LogP contribution in [0.3, 0.4) is 0 Å². The van der Waals surface area contributed by atoms with Gasteiger partial charge in [-0.15, -0.1) is 0 Å². The zero-order chi connectivity index (χ0) is 30.8. The highest BCUT2D eigenvalue weighted by molar-refractivity contribution is 6.74. The number of allylic oxidation sites excluding steroid dienone is 2. The van der Waals surface area contributed by atoms with E-state index >= 15 is 0 Å². The smallest absolute Gasteiger partial charge is 0.334 e. The summed E-state index contributed by atoms with van der Waals surface area (Å²) in [6.07, 6.45) is 9.73. The minimum Gasteiger partial charge on any atom is -0.545 e. The fourth-order valence-electron chi connectivity index (χ4n) is 5.32. The summed E-state index contributed by atoms with van der Waals surface area (Å²) in [5, 5.41) is -0.101. The number of imidazole rings is 1. The van der Waals surface area contributed by atoms with Gasteiger partial charge in [-0.25, -0.2) is 9.78 Å². The standard InChI is InChI=1S/C34H52N2O4Si/c1-23-16-14-12-13-15-17-29(26-18-19-28-27(21-26)35-25(3)36(28)9)39-31(37)22-30(40-41(10,11)33(4,5)6)34(7,8)32(38)24(2)20-23/h13,15,18-19,21-24,29H,12,14,16-17,20H2,1-11H3/b15-13+,30-22+/t23-,24+,29-/m0/s1. The summed E-state index contributed by atoms with van der Waals surface area (Å²) in [6, 6.07) is 6.06. The molecule has 1 aliphatic heterocycles. The number of aryl methyl sites for hydroxylation is 2. The lowest BCUT2D eigenvalue weighted by molar-refractivity contribution is -0.143. The topological polar surface area (TPSA) is 70.4 Å². The number of fused-ring (bicyclic) bond motifs is 1. The van der Waals surface area contributed by atoms with Crippen LogP contribution in [0.4, 0.5) is 0 Å². The van der Waals surface area contributed by atoms with Crippen LogP contribution in [0.15, 0.2) is 42.2 Å². The van der Waals surface area contributed by atoms with Gasteiger partial charge in [0.05, 0.1) is 28.3 Å². The van der Waals surface area contributed by atoms with E-state index in [1.807, 2.05) is 52.9 Å². The molecule has 0 amide bonds. The van der Waals surface area contributed by atoms with Crippen LogP contribution >= 0.6 is 0 Å². The molecule has 0 unspecified atom stereocenters. The number of ketones is 1. The van der Waals surface area contributed by atoms with E-state index in [0.717, 1.165) is 48.1 Å². The molecule has 0 spiro atoms. The Balaban J connectivity index is 2.07. The van der Waals surface area contributed by atoms with Gasteiger partial charge in [-0.3, -0.25) is 4.79 Å². The van der Waals surface area contributed by atoms with E-state index in [-0.39, 0.29) is 16.7 Å². The first-order valence-electron chi connectivity index (χ1n) is 15.2. The Hall–Kier alpha value is -2.67. The molecule has 2 aromatic rings. The molecular formula is C34H52N2O4Si. The van der Waals surface area contributed by atoms with Crippen LogP contribution in [0.5, 0.6) is 0 Å². The molecule has 226 valence electrons. The van der Waals surface area contributed by atoms with Gasteiger partial charge in [-0.2, -0.15) is 0 Å². The van der Waals surface area contributed by atoms with Gasteiger partial charge in [-0.05, 0) is 81.8 Å². The van der Waals surface area contributed by atoms with Crippen LogP contribution in [0.1, 0.15) is 98.1 Å². The molecule has 2 heterocycles. The van der Waals surface area contributed by atoms with Crippen molar-refractivity contribution in [2.45, 2.75) is 112 Å². The Bertz CT molecular complexity index is 1310. The molecule has 0 N–H and O–H groups in total. The zero-order valence-electron chi connectivity index (χ0n) is 27.3. The lowest BCUT2D eigenvalue weighted by Gasteiger charge is -2.41. The maximum atomic E-state index is 13.9. The molecule has 41 heavy (non-hydrogen) atoms. The second kappa shape index (κ2) is 12.7. The molecule has 1 aliphatic rings. The van der Waals surface area contributed by atoms with E-state index in [9.17, 15) is 9.59 Å². The third-order valence-corrected chi connectivity index (χ3v) is 13.5. The monoisotopic (exact) mass is 580 g/mol. The molecule has 0 fully saturated rings. The van der Waals surface area contributed by atoms with Crippen molar-refractivity contribution >= 4 is 31.1 Å². The minimum absolute atomic E-state index is 0.0987. The number of nitrogens with zero attached hydrogens (tertiary/aromatic N) is 2. The second-order valence-electron chi connectivity index (χ2n) is 14.1. The molecule has 0 saturated carbocycles. The number of rotatable bonds is 3. The largest absolute Gasteiger partial charge is 0.545 e. The average Bonchev–Trinajstić information content (AvgIpc) is 3.15. The Morgan fingerprint density at radius 1 is 1.12 bits per heavy atom. The second-order valence-corrected chi connectivity index (χ2v) is 18.9. The summed E-state index contributed by atoms with van der Waals surface area (Å²) in [5.41, 5.74) is 1.84. The fourth-order valence-corrected chi connectivity index (χ4v) is 6.49. The highest BCUT2D eigenvalue weighted by Crippen LogP contribution is 2.43. The van der Waals surface area contributed by atoms with E-state index in [4.69, 9.17) is 9.16 Å². The van der Waals surface area contributed by atoms with Crippen LogP contribution in [0, 0.1) is 24.2 Å². The molecule has 1 aromatic heterocycles. The quantitative estimate of drug-likeness (QED) is 0.206. The van der Waals surface area contributed by atoms with Crippen molar-refractivity contribution < 1.29 is 18.8 Å². The van der Waals surface area contributed by atoms with Gasteiger partial charge in [0.2, 0.25) is 8.32 Å². The first-order valence-corrected chi connectivity index (χ1v) is 18.1. The number of benzene rings is 1. The summed E-state index contributed by atoms with van der Waals surface area (Å²) < 4.78 is 14.9. The maximum absolute atomic E-state index is 13.9. The molecule has 3 atom stereocenters. The first kappa shape index (κ1) is 32.8. The number of carbonyl (C=O) groups is 2. The van der Waals surface area contributed by atoms with Gasteiger partial charge in [-0.1, -0.05) is 59.3 Å². The number of Topliss-reactive ketones (excluding diaryl/α,β-unsaturated/α-hetero) is 1. The molecular weight excluding hydrogens is 528 g/mol. The molecule has 0 saturated heterocycles. The van der Waals surface area contributed by atoms with E-state index < -0.39 is 25.8 Å². The maximum Gasteiger partial charge on any atom is 0.334 e. The van der Waals surface area contributed by atoms with Crippen LogP contribution in [-0.4, -0.2) is 29.6 Å². The molecule has 7 heteroatoms. The van der Waals surface area contributed by atoms with E-state index in [0.29, 0.717) is 18.1 Å². The summed E-state index contributed by atoms with van der Waals surface area (Å²) in [4.78, 5) is 32.2. The van der Waals surface area contributed by atoms with Crippen LogP contribution < -0.4 is 0 Å². The molecule has 0 radical (unpaired) electrons. The number of cyclic esters (lactones) is 1. The zero-order valence-corrected chi connectivity index (χ0v) is 28.3. The van der Waals surface area contributed by atoms with Crippen molar-refractivity contribution in [2.24, 2.45) is 24.3 Å². The molecule has 0 aliphatic carbocycles. The van der Waals surface area contributed by atoms with Gasteiger partial charge in [0.1, 0.15) is 17.7 Å². The van der Waals surface area contributed by atoms with Gasteiger partial charge in [0, 0.05) is 19.4 Å². The van der Waals surface area contributed by atoms with Crippen molar-refractivity contribution in [1.29, 1.82) is 0 Å². The molecule has 6 nitrogen and oxygen atoms in total. The van der Waals surface area contributed by atoms with Crippen molar-refractivity contribution in [2.75, 3.05) is 0 Å². The predicted octanol–water partition coefficient (Wildman–Crippen LogP) is 8.76. The van der Waals surface area contributed by atoms with Crippen molar-refractivity contribution in [3.8, 4) is 0 Å². The molecule has 3 rings (SSSR count). The summed E-state index contributed by atoms with van der Waals surface area (Å²) >= 11 is 0. The number of ether oxygens (including phenoxy) is 1. The Labute approximate surface area is 248 Å². The average molecular weight is 581 g/mol. The highest BCUT2D eigenvalue weighted by atomic mass is 28.4. The Morgan fingerprint density at radius 3 is 2.46 bits per heavy atom. The third kappa shape index (κ3) is 7.79. The van der Waals surface area contributed by atoms with Gasteiger partial charge >= 0.3 is 5.97 Å². The molecule has 1 aromatic carbocycles. The van der Waals surface area contributed by atoms with Crippen LogP contribution in [0.25, 0.3) is 11.0 Å². The normalized spacial score (nSPS) is 25.8. The van der Waals surface area contributed by atoms with E-state index in [2.05, 4.69) is 62.5 Å². The SMILES string of the molecule is Cc1nc2cc([C@@H]3C/C=C/CCC[C@H](C)C[C@@H](C)C(=O)C(C)(C)/C(O[Si](C)(C)C(C)(C)C)=C\C(=O)O3)ccc2n1C. The van der Waals surface area contributed by atoms with Crippen LogP contribution in [0.2, 0.25) is 18.1 Å². The number of esters is 1. The molecule has 0 bridgehead atoms. The van der Waals surface area contributed by atoms with E-state index in [1.54, 1.807) is 0 Å². The fraction of sp³-hybridized carbons (Fsp3) is 0.618. The van der Waals surface area contributed by atoms with Crippen LogP contribution in [-0.2, 0) is 25.8 Å². The summed E-state index contributed by atoms with van der Waals surface area (Å²) in [5.74, 6) is 1.23. The number of hydrogen-bond donors (Lipinski definition) is 0. The van der Waals surface area contributed by atoms with Gasteiger partial charge in [0.25, 0.3) is 0 Å². The minimum atomic E-state index is -2.36. The number of carbonyl (C=O) groups excluding carboxylic acids is 2.